The monoisotopic (exact) mass is 624 g/mol. The second-order valence-electron chi connectivity index (χ2n) is 10.3. The highest BCUT2D eigenvalue weighted by Crippen LogP contribution is 2.41. The molecule has 0 bridgehead atoms. The maximum atomic E-state index is 13.8. The molecular formula is C32H36N2O9S. The van der Waals surface area contributed by atoms with Crippen LogP contribution in [0.3, 0.4) is 0 Å². The lowest BCUT2D eigenvalue weighted by Crippen LogP contribution is -2.41. The van der Waals surface area contributed by atoms with Crippen LogP contribution in [0, 0.1) is 0 Å². The van der Waals surface area contributed by atoms with Gasteiger partial charge in [-0.1, -0.05) is 12.1 Å². The Kier molecular flexibility index (Phi) is 9.73. The number of aromatic nitrogens is 1. The molecule has 1 aliphatic heterocycles. The van der Waals surface area contributed by atoms with Crippen LogP contribution in [0.1, 0.15) is 44.7 Å². The fourth-order valence-electron chi connectivity index (χ4n) is 4.89. The molecule has 0 aliphatic carbocycles. The van der Waals surface area contributed by atoms with Crippen LogP contribution in [0.15, 0.2) is 46.8 Å². The van der Waals surface area contributed by atoms with Crippen LogP contribution in [-0.4, -0.2) is 57.2 Å². The first-order valence-electron chi connectivity index (χ1n) is 13.8. The Bertz CT molecular complexity index is 1800. The van der Waals surface area contributed by atoms with Crippen molar-refractivity contribution in [1.29, 1.82) is 0 Å². The number of esters is 2. The molecule has 0 saturated carbocycles. The lowest BCUT2D eigenvalue weighted by atomic mass is 9.83. The van der Waals surface area contributed by atoms with Crippen LogP contribution in [0.25, 0.3) is 17.5 Å². The zero-order valence-corrected chi connectivity index (χ0v) is 26.7. The van der Waals surface area contributed by atoms with Gasteiger partial charge in [0.15, 0.2) is 23.0 Å². The summed E-state index contributed by atoms with van der Waals surface area (Å²) in [6, 6.07) is 10.3. The summed E-state index contributed by atoms with van der Waals surface area (Å²) in [5.74, 6) is -0.865. The summed E-state index contributed by atoms with van der Waals surface area (Å²) >= 11 is 1.04. The minimum Gasteiger partial charge on any atom is -0.493 e. The van der Waals surface area contributed by atoms with Crippen LogP contribution in [0.5, 0.6) is 23.0 Å². The van der Waals surface area contributed by atoms with Gasteiger partial charge in [-0.2, -0.15) is 0 Å². The second-order valence-corrected chi connectivity index (χ2v) is 11.4. The largest absolute Gasteiger partial charge is 0.493 e. The third-order valence-corrected chi connectivity index (χ3v) is 7.80. The van der Waals surface area contributed by atoms with Gasteiger partial charge in [-0.3, -0.25) is 9.36 Å². The maximum absolute atomic E-state index is 13.8. The number of ether oxygens (including phenoxy) is 6. The first-order valence-corrected chi connectivity index (χ1v) is 14.6. The predicted molar refractivity (Wildman–Crippen MR) is 166 cm³/mol. The number of hydrogen-bond acceptors (Lipinski definition) is 11. The highest BCUT2D eigenvalue weighted by molar-refractivity contribution is 7.07. The molecule has 234 valence electrons. The van der Waals surface area contributed by atoms with E-state index in [1.807, 2.05) is 27.7 Å². The van der Waals surface area contributed by atoms with E-state index in [0.29, 0.717) is 34.1 Å². The number of thiazole rings is 1. The van der Waals surface area contributed by atoms with Crippen LogP contribution < -0.4 is 39.4 Å². The summed E-state index contributed by atoms with van der Waals surface area (Å²) < 4.78 is 34.6. The maximum Gasteiger partial charge on any atom is 0.338 e. The molecule has 1 atom stereocenters. The van der Waals surface area contributed by atoms with E-state index in [2.05, 4.69) is 0 Å². The number of hydrogen-bond donors (Lipinski definition) is 1. The topological polar surface area (TPSA) is 138 Å². The number of benzene rings is 2. The van der Waals surface area contributed by atoms with E-state index in [1.165, 1.54) is 28.4 Å². The molecule has 0 unspecified atom stereocenters. The molecule has 4 rings (SSSR count). The molecule has 2 N–H and O–H groups in total. The fraction of sp³-hybridized carbons (Fsp3) is 0.344. The van der Waals surface area contributed by atoms with Gasteiger partial charge in [-0.05, 0) is 69.2 Å². The van der Waals surface area contributed by atoms with Crippen molar-refractivity contribution in [1.82, 2.24) is 4.57 Å². The lowest BCUT2D eigenvalue weighted by molar-refractivity contribution is -0.136. The molecule has 44 heavy (non-hydrogen) atoms. The van der Waals surface area contributed by atoms with Crippen LogP contribution in [0.4, 0.5) is 0 Å². The van der Waals surface area contributed by atoms with Gasteiger partial charge in [0.25, 0.3) is 5.56 Å². The number of rotatable bonds is 10. The number of carbonyl (C=O) groups excluding carboxylic acids is 2. The standard InChI is InChI=1S/C32H36N2O9S/c1-16(2)42-20-11-9-18(13-22(20)38-5)14-24-29(35)34-28(33)26(31(36)40-7)25(27(30(34)44-24)32(37)41-8)19-10-12-21(43-17(3)4)23(15-19)39-6/h9-17,25H,33H2,1-8H3/b24-14+/t25-/m1/s1. The van der Waals surface area contributed by atoms with Crippen molar-refractivity contribution < 1.29 is 38.0 Å². The first kappa shape index (κ1) is 32.2. The van der Waals surface area contributed by atoms with E-state index < -0.39 is 23.4 Å². The van der Waals surface area contributed by atoms with E-state index in [0.717, 1.165) is 15.9 Å². The Morgan fingerprint density at radius 1 is 0.818 bits per heavy atom. The van der Waals surface area contributed by atoms with Crippen molar-refractivity contribution in [3.63, 3.8) is 0 Å². The third-order valence-electron chi connectivity index (χ3n) is 6.69. The van der Waals surface area contributed by atoms with E-state index in [4.69, 9.17) is 34.2 Å². The average Bonchev–Trinajstić information content (AvgIpc) is 3.31. The van der Waals surface area contributed by atoms with Crippen molar-refractivity contribution in [3.8, 4) is 23.0 Å². The van der Waals surface area contributed by atoms with E-state index in [1.54, 1.807) is 42.5 Å². The van der Waals surface area contributed by atoms with Gasteiger partial charge in [-0.15, -0.1) is 11.3 Å². The van der Waals surface area contributed by atoms with Crippen molar-refractivity contribution in [2.24, 2.45) is 5.73 Å². The Labute approximate surface area is 258 Å². The van der Waals surface area contributed by atoms with E-state index in [-0.39, 0.29) is 38.4 Å². The molecule has 0 fully saturated rings. The quantitative estimate of drug-likeness (QED) is 0.335. The number of nitrogens with zero attached hydrogens (tertiary/aromatic N) is 1. The van der Waals surface area contributed by atoms with Crippen LogP contribution in [0.2, 0.25) is 0 Å². The molecule has 11 nitrogen and oxygen atoms in total. The van der Waals surface area contributed by atoms with Gasteiger partial charge in [0, 0.05) is 0 Å². The molecule has 1 aromatic heterocycles. The minimum atomic E-state index is -1.05. The second kappa shape index (κ2) is 13.3. The van der Waals surface area contributed by atoms with Gasteiger partial charge in [0.1, 0.15) is 10.5 Å². The number of carbonyl (C=O) groups is 2. The Morgan fingerprint density at radius 3 is 1.91 bits per heavy atom. The predicted octanol–water partition coefficient (Wildman–Crippen LogP) is 2.75. The molecule has 0 saturated heterocycles. The first-order chi connectivity index (χ1) is 20.9. The van der Waals surface area contributed by atoms with Gasteiger partial charge in [-0.25, -0.2) is 9.59 Å². The highest BCUT2D eigenvalue weighted by Gasteiger charge is 2.40. The molecule has 3 aromatic rings. The zero-order valence-electron chi connectivity index (χ0n) is 25.9. The van der Waals surface area contributed by atoms with Gasteiger partial charge in [0.2, 0.25) is 0 Å². The molecule has 12 heteroatoms. The Hall–Kier alpha value is -4.71. The summed E-state index contributed by atoms with van der Waals surface area (Å²) in [5.41, 5.74) is 7.11. The normalized spacial score (nSPS) is 14.9. The number of fused-ring (bicyclic) bond motifs is 1. The molecule has 0 amide bonds. The molecule has 0 radical (unpaired) electrons. The zero-order chi connectivity index (χ0) is 32.3. The van der Waals surface area contributed by atoms with Crippen molar-refractivity contribution in [2.75, 3.05) is 28.4 Å². The number of methoxy groups -OCH3 is 4. The number of nitrogens with two attached hydrogens (primary N) is 1. The van der Waals surface area contributed by atoms with Crippen molar-refractivity contribution in [3.05, 3.63) is 72.6 Å². The third kappa shape index (κ3) is 6.16. The van der Waals surface area contributed by atoms with Gasteiger partial charge < -0.3 is 34.2 Å². The fourth-order valence-corrected chi connectivity index (χ4v) is 6.06. The Morgan fingerprint density at radius 2 is 1.36 bits per heavy atom. The highest BCUT2D eigenvalue weighted by atomic mass is 32.1. The smallest absolute Gasteiger partial charge is 0.338 e. The molecular weight excluding hydrogens is 588 g/mol. The van der Waals surface area contributed by atoms with Crippen LogP contribution >= 0.6 is 11.3 Å². The van der Waals surface area contributed by atoms with Crippen molar-refractivity contribution in [2.45, 2.75) is 45.8 Å². The molecule has 0 spiro atoms. The van der Waals surface area contributed by atoms with Crippen molar-refractivity contribution >= 4 is 40.7 Å². The summed E-state index contributed by atoms with van der Waals surface area (Å²) in [6.07, 6.45) is 1.46. The lowest BCUT2D eigenvalue weighted by Gasteiger charge is -2.27. The summed E-state index contributed by atoms with van der Waals surface area (Å²) in [4.78, 5) is 40.5. The van der Waals surface area contributed by atoms with E-state index in [9.17, 15) is 14.4 Å². The summed E-state index contributed by atoms with van der Waals surface area (Å²) in [7, 11) is 5.43. The van der Waals surface area contributed by atoms with E-state index >= 15 is 0 Å². The summed E-state index contributed by atoms with van der Waals surface area (Å²) in [5, 5.41) is 0. The van der Waals surface area contributed by atoms with Gasteiger partial charge >= 0.3 is 11.9 Å². The minimum absolute atomic E-state index is 0.0432. The molecule has 2 heterocycles. The molecule has 1 aliphatic rings. The SMILES string of the molecule is COC(=O)C1=C(N)n2c(s/c(=C/c3ccc(OC(C)C)c(OC)c3)c2=O)=C(C(=O)OC)[C@@H]1c1ccc(OC(C)C)c(OC)c1. The van der Waals surface area contributed by atoms with Crippen LogP contribution in [-0.2, 0) is 19.1 Å². The summed E-state index contributed by atoms with van der Waals surface area (Å²) in [6.45, 7) is 7.57. The van der Waals surface area contributed by atoms with Gasteiger partial charge in [0.05, 0.1) is 62.2 Å². The average molecular weight is 625 g/mol. The Balaban J connectivity index is 2.03. The molecule has 2 aromatic carbocycles.